The molecular formula is C8H18N2. The summed E-state index contributed by atoms with van der Waals surface area (Å²) in [6, 6.07) is 0. The van der Waals surface area contributed by atoms with Crippen molar-refractivity contribution in [3.63, 3.8) is 0 Å². The van der Waals surface area contributed by atoms with Crippen LogP contribution in [-0.2, 0) is 0 Å². The number of nitrogens with two attached hydrogens (primary N) is 1. The Labute approximate surface area is 63.7 Å². The van der Waals surface area contributed by atoms with Crippen molar-refractivity contribution in [1.82, 2.24) is 4.90 Å². The Balaban J connectivity index is 3.71. The van der Waals surface area contributed by atoms with Crippen LogP contribution in [0.2, 0.25) is 0 Å². The van der Waals surface area contributed by atoms with Gasteiger partial charge >= 0.3 is 0 Å². The second kappa shape index (κ2) is 4.20. The lowest BCUT2D eigenvalue weighted by atomic mass is 10.1. The van der Waals surface area contributed by atoms with Crippen LogP contribution < -0.4 is 5.73 Å². The molecule has 0 aliphatic carbocycles. The standard InChI is InChI=1S/C8H18N2/c1-7(2)5-8(9)6-10(3)4/h6-7H,5,9H2,1-4H3/b8-6-. The predicted molar refractivity (Wildman–Crippen MR) is 45.4 cm³/mol. The van der Waals surface area contributed by atoms with E-state index in [0.717, 1.165) is 12.1 Å². The van der Waals surface area contributed by atoms with Gasteiger partial charge in [-0.2, -0.15) is 0 Å². The van der Waals surface area contributed by atoms with Gasteiger partial charge in [0.15, 0.2) is 0 Å². The first-order chi connectivity index (χ1) is 4.52. The van der Waals surface area contributed by atoms with E-state index in [1.165, 1.54) is 0 Å². The molecule has 60 valence electrons. The fourth-order valence-electron chi connectivity index (χ4n) is 0.856. The van der Waals surface area contributed by atoms with Crippen molar-refractivity contribution in [2.24, 2.45) is 11.7 Å². The molecule has 0 radical (unpaired) electrons. The Morgan fingerprint density at radius 1 is 1.50 bits per heavy atom. The van der Waals surface area contributed by atoms with E-state index in [0.29, 0.717) is 5.92 Å². The zero-order valence-corrected chi connectivity index (χ0v) is 7.39. The minimum atomic E-state index is 0.649. The van der Waals surface area contributed by atoms with Crippen LogP contribution in [0.3, 0.4) is 0 Å². The Bertz CT molecular complexity index is 114. The van der Waals surface area contributed by atoms with E-state index in [1.54, 1.807) is 0 Å². The van der Waals surface area contributed by atoms with Crippen LogP contribution in [0.5, 0.6) is 0 Å². The van der Waals surface area contributed by atoms with Gasteiger partial charge in [-0.25, -0.2) is 0 Å². The quantitative estimate of drug-likeness (QED) is 0.645. The van der Waals surface area contributed by atoms with Gasteiger partial charge in [-0.05, 0) is 12.3 Å². The zero-order valence-electron chi connectivity index (χ0n) is 7.39. The number of allylic oxidation sites excluding steroid dienone is 1. The summed E-state index contributed by atoms with van der Waals surface area (Å²) in [5, 5.41) is 0. The third-order valence-corrected chi connectivity index (χ3v) is 1.07. The van der Waals surface area contributed by atoms with Crippen molar-refractivity contribution in [2.45, 2.75) is 20.3 Å². The molecule has 0 bridgehead atoms. The molecule has 0 atom stereocenters. The van der Waals surface area contributed by atoms with E-state index >= 15 is 0 Å². The number of nitrogens with zero attached hydrogens (tertiary/aromatic N) is 1. The lowest BCUT2D eigenvalue weighted by Gasteiger charge is -2.09. The molecule has 0 heterocycles. The molecule has 0 unspecified atom stereocenters. The molecule has 0 saturated carbocycles. The number of rotatable bonds is 3. The van der Waals surface area contributed by atoms with E-state index in [1.807, 2.05) is 25.2 Å². The molecule has 0 rings (SSSR count). The van der Waals surface area contributed by atoms with Crippen LogP contribution in [0.4, 0.5) is 0 Å². The molecule has 2 nitrogen and oxygen atoms in total. The van der Waals surface area contributed by atoms with Crippen molar-refractivity contribution >= 4 is 0 Å². The molecule has 0 aliphatic rings. The van der Waals surface area contributed by atoms with Crippen molar-refractivity contribution in [3.05, 3.63) is 11.9 Å². The highest BCUT2D eigenvalue weighted by atomic mass is 15.0. The summed E-state index contributed by atoms with van der Waals surface area (Å²) in [4.78, 5) is 1.97. The lowest BCUT2D eigenvalue weighted by Crippen LogP contribution is -2.09. The summed E-state index contributed by atoms with van der Waals surface area (Å²) in [7, 11) is 3.96. The van der Waals surface area contributed by atoms with Gasteiger partial charge in [-0.3, -0.25) is 0 Å². The molecule has 0 aromatic carbocycles. The Kier molecular flexibility index (Phi) is 3.93. The van der Waals surface area contributed by atoms with E-state index in [2.05, 4.69) is 13.8 Å². The smallest absolute Gasteiger partial charge is 0.0244 e. The fraction of sp³-hybridized carbons (Fsp3) is 0.750. The van der Waals surface area contributed by atoms with E-state index < -0.39 is 0 Å². The van der Waals surface area contributed by atoms with Gasteiger partial charge in [0, 0.05) is 26.0 Å². The van der Waals surface area contributed by atoms with Gasteiger partial charge in [-0.15, -0.1) is 0 Å². The van der Waals surface area contributed by atoms with Crippen LogP contribution in [0, 0.1) is 5.92 Å². The lowest BCUT2D eigenvalue weighted by molar-refractivity contribution is 0.542. The maximum absolute atomic E-state index is 5.70. The van der Waals surface area contributed by atoms with Gasteiger partial charge in [0.1, 0.15) is 0 Å². The highest BCUT2D eigenvalue weighted by Gasteiger charge is 1.95. The van der Waals surface area contributed by atoms with Gasteiger partial charge in [0.2, 0.25) is 0 Å². The first kappa shape index (κ1) is 9.34. The normalized spacial score (nSPS) is 12.3. The monoisotopic (exact) mass is 142 g/mol. The number of hydrogen-bond donors (Lipinski definition) is 1. The first-order valence-electron chi connectivity index (χ1n) is 3.65. The SMILES string of the molecule is CC(C)C/C(N)=C/N(C)C. The molecule has 2 heteroatoms. The van der Waals surface area contributed by atoms with Crippen LogP contribution in [-0.4, -0.2) is 19.0 Å². The van der Waals surface area contributed by atoms with Crippen LogP contribution in [0.1, 0.15) is 20.3 Å². The van der Waals surface area contributed by atoms with Gasteiger partial charge in [-0.1, -0.05) is 13.8 Å². The second-order valence-corrected chi connectivity index (χ2v) is 3.27. The minimum absolute atomic E-state index is 0.649. The highest BCUT2D eigenvalue weighted by molar-refractivity contribution is 4.95. The molecule has 0 aromatic rings. The average Bonchev–Trinajstić information content (AvgIpc) is 1.58. The van der Waals surface area contributed by atoms with Gasteiger partial charge in [0.25, 0.3) is 0 Å². The molecule has 2 N–H and O–H groups in total. The second-order valence-electron chi connectivity index (χ2n) is 3.27. The van der Waals surface area contributed by atoms with Gasteiger partial charge in [0.05, 0.1) is 0 Å². The largest absolute Gasteiger partial charge is 0.401 e. The summed E-state index contributed by atoms with van der Waals surface area (Å²) >= 11 is 0. The summed E-state index contributed by atoms with van der Waals surface area (Å²) in [5.74, 6) is 0.649. The van der Waals surface area contributed by atoms with Crippen LogP contribution in [0.15, 0.2) is 11.9 Å². The highest BCUT2D eigenvalue weighted by Crippen LogP contribution is 2.04. The van der Waals surface area contributed by atoms with Gasteiger partial charge < -0.3 is 10.6 Å². The first-order valence-corrected chi connectivity index (χ1v) is 3.65. The minimum Gasteiger partial charge on any atom is -0.401 e. The Morgan fingerprint density at radius 2 is 2.00 bits per heavy atom. The summed E-state index contributed by atoms with van der Waals surface area (Å²) in [6.07, 6.45) is 2.94. The van der Waals surface area contributed by atoms with E-state index in [4.69, 9.17) is 5.73 Å². The maximum atomic E-state index is 5.70. The third-order valence-electron chi connectivity index (χ3n) is 1.07. The topological polar surface area (TPSA) is 29.3 Å². The molecular weight excluding hydrogens is 124 g/mol. The maximum Gasteiger partial charge on any atom is 0.0244 e. The molecule has 0 spiro atoms. The third kappa shape index (κ3) is 5.48. The van der Waals surface area contributed by atoms with Crippen molar-refractivity contribution < 1.29 is 0 Å². The zero-order chi connectivity index (χ0) is 8.15. The molecule has 0 aliphatic heterocycles. The molecule has 0 aromatic heterocycles. The summed E-state index contributed by atoms with van der Waals surface area (Å²) in [5.41, 5.74) is 6.65. The van der Waals surface area contributed by atoms with Crippen molar-refractivity contribution in [2.75, 3.05) is 14.1 Å². The summed E-state index contributed by atoms with van der Waals surface area (Å²) < 4.78 is 0. The van der Waals surface area contributed by atoms with Crippen LogP contribution in [0.25, 0.3) is 0 Å². The van der Waals surface area contributed by atoms with E-state index in [-0.39, 0.29) is 0 Å². The summed E-state index contributed by atoms with van der Waals surface area (Å²) in [6.45, 7) is 4.33. The molecule has 0 fully saturated rings. The average molecular weight is 142 g/mol. The predicted octanol–water partition coefficient (Wildman–Crippen LogP) is 1.39. The number of hydrogen-bond acceptors (Lipinski definition) is 2. The molecule has 0 saturated heterocycles. The van der Waals surface area contributed by atoms with Crippen molar-refractivity contribution in [3.8, 4) is 0 Å². The fourth-order valence-corrected chi connectivity index (χ4v) is 0.856. The van der Waals surface area contributed by atoms with Crippen LogP contribution >= 0.6 is 0 Å². The Hall–Kier alpha value is -0.660. The molecule has 10 heavy (non-hydrogen) atoms. The molecule has 0 amide bonds. The van der Waals surface area contributed by atoms with Crippen molar-refractivity contribution in [1.29, 1.82) is 0 Å². The Morgan fingerprint density at radius 3 is 2.30 bits per heavy atom. The van der Waals surface area contributed by atoms with E-state index in [9.17, 15) is 0 Å².